The standard InChI is InChI=1S/C8H14N4.ClH/c9-7-3-1-6(2-4-7)8-5-10-12-11-8;/h5-7H,1-4,9H2,(H,10,11,12);1H/t6-,7-;. The number of nitrogens with zero attached hydrogens (tertiary/aromatic N) is 2. The largest absolute Gasteiger partial charge is 0.328 e. The fraction of sp³-hybridized carbons (Fsp3) is 0.750. The van der Waals surface area contributed by atoms with Crippen molar-refractivity contribution in [1.29, 1.82) is 0 Å². The van der Waals surface area contributed by atoms with Gasteiger partial charge in [-0.05, 0) is 25.7 Å². The molecule has 0 unspecified atom stereocenters. The SMILES string of the molecule is Cl.N[C@H]1CC[C@H](c2cnn[nH]2)CC1. The van der Waals surface area contributed by atoms with E-state index in [-0.39, 0.29) is 12.4 Å². The molecular formula is C8H15ClN4. The maximum Gasteiger partial charge on any atom is 0.0725 e. The number of aromatic amines is 1. The predicted octanol–water partition coefficient (Wildman–Crippen LogP) is 1.21. The van der Waals surface area contributed by atoms with Crippen molar-refractivity contribution in [2.24, 2.45) is 5.73 Å². The van der Waals surface area contributed by atoms with Crippen molar-refractivity contribution in [3.8, 4) is 0 Å². The molecule has 13 heavy (non-hydrogen) atoms. The molecule has 3 N–H and O–H groups in total. The van der Waals surface area contributed by atoms with Crippen LogP contribution in [-0.2, 0) is 0 Å². The van der Waals surface area contributed by atoms with Crippen molar-refractivity contribution >= 4 is 12.4 Å². The van der Waals surface area contributed by atoms with Crippen LogP contribution in [0.4, 0.5) is 0 Å². The summed E-state index contributed by atoms with van der Waals surface area (Å²) >= 11 is 0. The van der Waals surface area contributed by atoms with Crippen LogP contribution in [0.5, 0.6) is 0 Å². The van der Waals surface area contributed by atoms with E-state index in [0.717, 1.165) is 12.8 Å². The molecule has 74 valence electrons. The summed E-state index contributed by atoms with van der Waals surface area (Å²) in [6, 6.07) is 0.414. The summed E-state index contributed by atoms with van der Waals surface area (Å²) in [5, 5.41) is 10.4. The second kappa shape index (κ2) is 4.58. The Morgan fingerprint density at radius 3 is 2.54 bits per heavy atom. The third-order valence-corrected chi connectivity index (χ3v) is 2.65. The molecule has 1 aliphatic carbocycles. The molecule has 1 aromatic heterocycles. The van der Waals surface area contributed by atoms with Gasteiger partial charge in [0, 0.05) is 12.0 Å². The molecule has 0 aliphatic heterocycles. The van der Waals surface area contributed by atoms with Crippen LogP contribution in [-0.4, -0.2) is 21.5 Å². The Labute approximate surface area is 83.7 Å². The molecule has 1 fully saturated rings. The zero-order valence-corrected chi connectivity index (χ0v) is 8.26. The molecule has 0 atom stereocenters. The summed E-state index contributed by atoms with van der Waals surface area (Å²) in [5.41, 5.74) is 6.98. The van der Waals surface area contributed by atoms with E-state index in [0.29, 0.717) is 12.0 Å². The number of hydrogen-bond acceptors (Lipinski definition) is 3. The van der Waals surface area contributed by atoms with Crippen molar-refractivity contribution in [2.45, 2.75) is 37.6 Å². The molecule has 0 radical (unpaired) electrons. The minimum Gasteiger partial charge on any atom is -0.328 e. The predicted molar refractivity (Wildman–Crippen MR) is 52.8 cm³/mol. The summed E-state index contributed by atoms with van der Waals surface area (Å²) in [4.78, 5) is 0. The van der Waals surface area contributed by atoms with Crippen LogP contribution >= 0.6 is 12.4 Å². The first-order valence-electron chi connectivity index (χ1n) is 4.48. The van der Waals surface area contributed by atoms with E-state index in [1.54, 1.807) is 0 Å². The van der Waals surface area contributed by atoms with Crippen LogP contribution < -0.4 is 5.73 Å². The summed E-state index contributed by atoms with van der Waals surface area (Å²) in [5.74, 6) is 0.611. The van der Waals surface area contributed by atoms with Crippen LogP contribution in [0, 0.1) is 0 Å². The quantitative estimate of drug-likeness (QED) is 0.720. The zero-order valence-electron chi connectivity index (χ0n) is 7.44. The maximum atomic E-state index is 5.81. The van der Waals surface area contributed by atoms with E-state index in [9.17, 15) is 0 Å². The fourth-order valence-corrected chi connectivity index (χ4v) is 1.83. The Morgan fingerprint density at radius 1 is 1.31 bits per heavy atom. The Morgan fingerprint density at radius 2 is 2.00 bits per heavy atom. The molecule has 0 saturated heterocycles. The highest BCUT2D eigenvalue weighted by atomic mass is 35.5. The minimum atomic E-state index is 0. The smallest absolute Gasteiger partial charge is 0.0725 e. The van der Waals surface area contributed by atoms with Gasteiger partial charge in [-0.2, -0.15) is 0 Å². The van der Waals surface area contributed by atoms with Gasteiger partial charge in [0.25, 0.3) is 0 Å². The van der Waals surface area contributed by atoms with Gasteiger partial charge in [-0.15, -0.1) is 17.5 Å². The van der Waals surface area contributed by atoms with Crippen LogP contribution in [0.15, 0.2) is 6.20 Å². The molecule has 1 saturated carbocycles. The normalized spacial score (nSPS) is 28.1. The number of nitrogens with one attached hydrogen (secondary N) is 1. The van der Waals surface area contributed by atoms with Crippen molar-refractivity contribution in [2.75, 3.05) is 0 Å². The molecular weight excluding hydrogens is 188 g/mol. The van der Waals surface area contributed by atoms with E-state index in [1.165, 1.54) is 18.5 Å². The zero-order chi connectivity index (χ0) is 8.39. The van der Waals surface area contributed by atoms with Crippen molar-refractivity contribution < 1.29 is 0 Å². The number of rotatable bonds is 1. The van der Waals surface area contributed by atoms with E-state index in [2.05, 4.69) is 15.4 Å². The van der Waals surface area contributed by atoms with E-state index in [4.69, 9.17) is 5.73 Å². The molecule has 1 aromatic rings. The van der Waals surface area contributed by atoms with Gasteiger partial charge >= 0.3 is 0 Å². The Hall–Kier alpha value is -0.610. The van der Waals surface area contributed by atoms with E-state index < -0.39 is 0 Å². The average molecular weight is 203 g/mol. The highest BCUT2D eigenvalue weighted by Crippen LogP contribution is 2.30. The minimum absolute atomic E-state index is 0. The summed E-state index contributed by atoms with van der Waals surface area (Å²) in [7, 11) is 0. The van der Waals surface area contributed by atoms with Gasteiger partial charge in [0.1, 0.15) is 0 Å². The first kappa shape index (κ1) is 10.5. The topological polar surface area (TPSA) is 67.6 Å². The van der Waals surface area contributed by atoms with Crippen molar-refractivity contribution in [3.63, 3.8) is 0 Å². The molecule has 0 aromatic carbocycles. The third-order valence-electron chi connectivity index (χ3n) is 2.65. The maximum absolute atomic E-state index is 5.81. The first-order chi connectivity index (χ1) is 5.86. The van der Waals surface area contributed by atoms with Crippen molar-refractivity contribution in [1.82, 2.24) is 15.4 Å². The van der Waals surface area contributed by atoms with Gasteiger partial charge in [0.2, 0.25) is 0 Å². The molecule has 4 nitrogen and oxygen atoms in total. The van der Waals surface area contributed by atoms with Gasteiger partial charge < -0.3 is 5.73 Å². The highest BCUT2D eigenvalue weighted by molar-refractivity contribution is 5.85. The van der Waals surface area contributed by atoms with Crippen LogP contribution in [0.1, 0.15) is 37.3 Å². The molecule has 2 rings (SSSR count). The number of halogens is 1. The number of hydrogen-bond donors (Lipinski definition) is 2. The lowest BCUT2D eigenvalue weighted by Gasteiger charge is -2.24. The van der Waals surface area contributed by atoms with Gasteiger partial charge in [-0.1, -0.05) is 5.21 Å². The molecule has 0 bridgehead atoms. The number of H-pyrrole nitrogens is 1. The van der Waals surface area contributed by atoms with Gasteiger partial charge in [-0.25, -0.2) is 0 Å². The highest BCUT2D eigenvalue weighted by Gasteiger charge is 2.20. The number of aromatic nitrogens is 3. The molecule has 1 heterocycles. The molecule has 5 heteroatoms. The lowest BCUT2D eigenvalue weighted by molar-refractivity contribution is 0.390. The van der Waals surface area contributed by atoms with E-state index >= 15 is 0 Å². The molecule has 0 amide bonds. The first-order valence-corrected chi connectivity index (χ1v) is 4.48. The van der Waals surface area contributed by atoms with Crippen molar-refractivity contribution in [3.05, 3.63) is 11.9 Å². The van der Waals surface area contributed by atoms with E-state index in [1.807, 2.05) is 6.20 Å². The molecule has 0 spiro atoms. The summed E-state index contributed by atoms with van der Waals surface area (Å²) < 4.78 is 0. The molecule has 1 aliphatic rings. The van der Waals surface area contributed by atoms with Gasteiger partial charge in [-0.3, -0.25) is 5.10 Å². The lowest BCUT2D eigenvalue weighted by Crippen LogP contribution is -2.25. The van der Waals surface area contributed by atoms with Crippen LogP contribution in [0.2, 0.25) is 0 Å². The third kappa shape index (κ3) is 2.42. The fourth-order valence-electron chi connectivity index (χ4n) is 1.83. The Bertz CT molecular complexity index is 228. The average Bonchev–Trinajstić information content (AvgIpc) is 2.58. The van der Waals surface area contributed by atoms with Gasteiger partial charge in [0.05, 0.1) is 11.9 Å². The monoisotopic (exact) mass is 202 g/mol. The second-order valence-electron chi connectivity index (χ2n) is 3.52. The lowest BCUT2D eigenvalue weighted by atomic mass is 9.85. The Balaban J connectivity index is 0.000000845. The Kier molecular flexibility index (Phi) is 3.69. The number of nitrogens with two attached hydrogens (primary N) is 1. The van der Waals surface area contributed by atoms with Gasteiger partial charge in [0.15, 0.2) is 0 Å². The summed E-state index contributed by atoms with van der Waals surface area (Å²) in [6.45, 7) is 0. The van der Waals surface area contributed by atoms with Crippen LogP contribution in [0.3, 0.4) is 0 Å². The van der Waals surface area contributed by atoms with Crippen LogP contribution in [0.25, 0.3) is 0 Å². The second-order valence-corrected chi connectivity index (χ2v) is 3.52. The summed E-state index contributed by atoms with van der Waals surface area (Å²) in [6.07, 6.45) is 6.42.